The van der Waals surface area contributed by atoms with Gasteiger partial charge in [0.15, 0.2) is 0 Å². The molecule has 5 heteroatoms. The summed E-state index contributed by atoms with van der Waals surface area (Å²) >= 11 is 0. The lowest BCUT2D eigenvalue weighted by Crippen LogP contribution is -2.27. The van der Waals surface area contributed by atoms with Crippen LogP contribution in [0.25, 0.3) is 0 Å². The van der Waals surface area contributed by atoms with Gasteiger partial charge in [0.05, 0.1) is 0 Å². The van der Waals surface area contributed by atoms with Crippen molar-refractivity contribution in [1.29, 1.82) is 0 Å². The molecule has 2 heterocycles. The van der Waals surface area contributed by atoms with Gasteiger partial charge in [-0.1, -0.05) is 13.3 Å². The number of hydrogen-bond acceptors (Lipinski definition) is 5. The number of hydrogen-bond donors (Lipinski definition) is 2. The summed E-state index contributed by atoms with van der Waals surface area (Å²) < 4.78 is 0. The lowest BCUT2D eigenvalue weighted by molar-refractivity contribution is 0.750. The van der Waals surface area contributed by atoms with Crippen LogP contribution in [0.15, 0.2) is 6.07 Å². The first-order chi connectivity index (χ1) is 8.19. The second-order valence-electron chi connectivity index (χ2n) is 4.67. The fourth-order valence-corrected chi connectivity index (χ4v) is 2.15. The Hall–Kier alpha value is -1.36. The predicted molar refractivity (Wildman–Crippen MR) is 69.9 cm³/mol. The van der Waals surface area contributed by atoms with Crippen LogP contribution in [0, 0.1) is 0 Å². The average molecular weight is 235 g/mol. The Morgan fingerprint density at radius 1 is 1.47 bits per heavy atom. The van der Waals surface area contributed by atoms with Gasteiger partial charge in [0.25, 0.3) is 0 Å². The standard InChI is InChI=1S/C12H21N5/c1-2-3-4-10-7-11(16-12(14)15-10)17-6-5-9(13)8-17/h7,9H,2-6,8,13H2,1H3,(H2,14,15,16)/t9-/m1/s1. The molecule has 0 unspecified atom stereocenters. The molecule has 1 aromatic rings. The van der Waals surface area contributed by atoms with Crippen LogP contribution in [-0.4, -0.2) is 29.1 Å². The summed E-state index contributed by atoms with van der Waals surface area (Å²) in [5, 5.41) is 0. The number of rotatable bonds is 4. The molecule has 4 N–H and O–H groups in total. The van der Waals surface area contributed by atoms with Gasteiger partial charge in [0, 0.05) is 30.9 Å². The van der Waals surface area contributed by atoms with Crippen LogP contribution in [-0.2, 0) is 6.42 Å². The summed E-state index contributed by atoms with van der Waals surface area (Å²) in [6.45, 7) is 4.00. The molecule has 17 heavy (non-hydrogen) atoms. The highest BCUT2D eigenvalue weighted by Crippen LogP contribution is 2.19. The molecule has 0 aromatic carbocycles. The molecule has 0 aliphatic carbocycles. The van der Waals surface area contributed by atoms with E-state index in [-0.39, 0.29) is 6.04 Å². The quantitative estimate of drug-likeness (QED) is 0.811. The summed E-state index contributed by atoms with van der Waals surface area (Å²) in [4.78, 5) is 10.8. The van der Waals surface area contributed by atoms with Crippen molar-refractivity contribution in [2.75, 3.05) is 23.7 Å². The molecular weight excluding hydrogens is 214 g/mol. The molecule has 0 saturated carbocycles. The maximum atomic E-state index is 5.90. The van der Waals surface area contributed by atoms with Gasteiger partial charge in [0.2, 0.25) is 5.95 Å². The number of aromatic nitrogens is 2. The van der Waals surface area contributed by atoms with Crippen LogP contribution in [0.4, 0.5) is 11.8 Å². The van der Waals surface area contributed by atoms with Crippen molar-refractivity contribution >= 4 is 11.8 Å². The first-order valence-corrected chi connectivity index (χ1v) is 6.33. The molecule has 5 nitrogen and oxygen atoms in total. The third kappa shape index (κ3) is 3.06. The number of unbranched alkanes of at least 4 members (excludes halogenated alkanes) is 1. The molecule has 1 atom stereocenters. The first kappa shape index (κ1) is 12.1. The molecule has 1 aromatic heterocycles. The predicted octanol–water partition coefficient (Wildman–Crippen LogP) is 0.939. The van der Waals surface area contributed by atoms with Gasteiger partial charge in [0.1, 0.15) is 5.82 Å². The monoisotopic (exact) mass is 235 g/mol. The van der Waals surface area contributed by atoms with Crippen LogP contribution in [0.3, 0.4) is 0 Å². The molecule has 1 saturated heterocycles. The smallest absolute Gasteiger partial charge is 0.222 e. The van der Waals surface area contributed by atoms with Gasteiger partial charge in [-0.25, -0.2) is 4.98 Å². The molecule has 0 bridgehead atoms. The van der Waals surface area contributed by atoms with Gasteiger partial charge in [-0.05, 0) is 19.3 Å². The Morgan fingerprint density at radius 2 is 2.29 bits per heavy atom. The SMILES string of the molecule is CCCCc1cc(N2CC[C@@H](N)C2)nc(N)n1. The lowest BCUT2D eigenvalue weighted by Gasteiger charge is -2.17. The van der Waals surface area contributed by atoms with Crippen molar-refractivity contribution in [2.45, 2.75) is 38.6 Å². The van der Waals surface area contributed by atoms with Crippen LogP contribution >= 0.6 is 0 Å². The molecule has 1 aliphatic heterocycles. The Balaban J connectivity index is 2.13. The average Bonchev–Trinajstić information content (AvgIpc) is 2.72. The van der Waals surface area contributed by atoms with Crippen LogP contribution in [0.1, 0.15) is 31.9 Å². The highest BCUT2D eigenvalue weighted by atomic mass is 15.2. The second kappa shape index (κ2) is 5.31. The van der Waals surface area contributed by atoms with E-state index in [0.29, 0.717) is 5.95 Å². The van der Waals surface area contributed by atoms with Gasteiger partial charge < -0.3 is 16.4 Å². The largest absolute Gasteiger partial charge is 0.368 e. The van der Waals surface area contributed by atoms with E-state index in [1.54, 1.807) is 0 Å². The van der Waals surface area contributed by atoms with E-state index in [1.807, 2.05) is 6.07 Å². The number of nitrogen functional groups attached to an aromatic ring is 1. The molecule has 2 rings (SSSR count). The van der Waals surface area contributed by atoms with Gasteiger partial charge in [-0.2, -0.15) is 4.98 Å². The number of aryl methyl sites for hydroxylation is 1. The van der Waals surface area contributed by atoms with Crippen molar-refractivity contribution in [1.82, 2.24) is 9.97 Å². The Bertz CT molecular complexity index is 379. The maximum absolute atomic E-state index is 5.90. The Morgan fingerprint density at radius 3 is 2.94 bits per heavy atom. The maximum Gasteiger partial charge on any atom is 0.222 e. The molecular formula is C12H21N5. The van der Waals surface area contributed by atoms with Gasteiger partial charge >= 0.3 is 0 Å². The summed E-state index contributed by atoms with van der Waals surface area (Å²) in [6, 6.07) is 2.30. The van der Waals surface area contributed by atoms with Gasteiger partial charge in [-0.15, -0.1) is 0 Å². The molecule has 94 valence electrons. The highest BCUT2D eigenvalue weighted by molar-refractivity contribution is 5.44. The van der Waals surface area contributed by atoms with Crippen molar-refractivity contribution in [2.24, 2.45) is 5.73 Å². The Labute approximate surface area is 102 Å². The zero-order valence-electron chi connectivity index (χ0n) is 10.4. The van der Waals surface area contributed by atoms with E-state index in [9.17, 15) is 0 Å². The second-order valence-corrected chi connectivity index (χ2v) is 4.67. The Kier molecular flexibility index (Phi) is 3.78. The van der Waals surface area contributed by atoms with E-state index in [1.165, 1.54) is 0 Å². The fraction of sp³-hybridized carbons (Fsp3) is 0.667. The van der Waals surface area contributed by atoms with Crippen LogP contribution in [0.5, 0.6) is 0 Å². The summed E-state index contributed by atoms with van der Waals surface area (Å²) in [6.07, 6.45) is 4.29. The third-order valence-electron chi connectivity index (χ3n) is 3.12. The van der Waals surface area contributed by atoms with E-state index in [0.717, 1.165) is 50.3 Å². The topological polar surface area (TPSA) is 81.1 Å². The van der Waals surface area contributed by atoms with E-state index in [4.69, 9.17) is 11.5 Å². The molecule has 1 aliphatic rings. The minimum Gasteiger partial charge on any atom is -0.368 e. The normalized spacial score (nSPS) is 19.9. The highest BCUT2D eigenvalue weighted by Gasteiger charge is 2.20. The van der Waals surface area contributed by atoms with E-state index < -0.39 is 0 Å². The van der Waals surface area contributed by atoms with Crippen molar-refractivity contribution in [3.8, 4) is 0 Å². The van der Waals surface area contributed by atoms with Crippen LogP contribution in [0.2, 0.25) is 0 Å². The zero-order chi connectivity index (χ0) is 12.3. The third-order valence-corrected chi connectivity index (χ3v) is 3.12. The van der Waals surface area contributed by atoms with Crippen molar-refractivity contribution < 1.29 is 0 Å². The molecule has 0 radical (unpaired) electrons. The zero-order valence-corrected chi connectivity index (χ0v) is 10.4. The minimum atomic E-state index is 0.255. The minimum absolute atomic E-state index is 0.255. The van der Waals surface area contributed by atoms with Gasteiger partial charge in [-0.3, -0.25) is 0 Å². The van der Waals surface area contributed by atoms with E-state index >= 15 is 0 Å². The molecule has 0 amide bonds. The van der Waals surface area contributed by atoms with Crippen molar-refractivity contribution in [3.05, 3.63) is 11.8 Å². The van der Waals surface area contributed by atoms with E-state index in [2.05, 4.69) is 21.8 Å². The molecule has 0 spiro atoms. The number of nitrogens with zero attached hydrogens (tertiary/aromatic N) is 3. The number of nitrogens with two attached hydrogens (primary N) is 2. The summed E-state index contributed by atoms with van der Waals surface area (Å²) in [5.41, 5.74) is 12.7. The number of anilines is 2. The summed E-state index contributed by atoms with van der Waals surface area (Å²) in [5.74, 6) is 1.30. The summed E-state index contributed by atoms with van der Waals surface area (Å²) in [7, 11) is 0. The lowest BCUT2D eigenvalue weighted by atomic mass is 10.2. The first-order valence-electron chi connectivity index (χ1n) is 6.33. The van der Waals surface area contributed by atoms with Crippen LogP contribution < -0.4 is 16.4 Å². The van der Waals surface area contributed by atoms with Crippen molar-refractivity contribution in [3.63, 3.8) is 0 Å². The fourth-order valence-electron chi connectivity index (χ4n) is 2.15. The molecule has 1 fully saturated rings.